The summed E-state index contributed by atoms with van der Waals surface area (Å²) in [4.78, 5) is 9.39. The fourth-order valence-electron chi connectivity index (χ4n) is 2.74. The molecule has 112 valence electrons. The molecule has 1 fully saturated rings. The van der Waals surface area contributed by atoms with Crippen molar-refractivity contribution in [2.45, 2.75) is 20.4 Å². The average Bonchev–Trinajstić information content (AvgIpc) is 2.97. The van der Waals surface area contributed by atoms with Gasteiger partial charge in [-0.1, -0.05) is 24.6 Å². The summed E-state index contributed by atoms with van der Waals surface area (Å²) in [7, 11) is 0. The van der Waals surface area contributed by atoms with Gasteiger partial charge in [-0.25, -0.2) is 9.67 Å². The normalized spacial score (nSPS) is 17.2. The van der Waals surface area contributed by atoms with Gasteiger partial charge in [0.2, 0.25) is 0 Å². The number of rotatable bonds is 4. The van der Waals surface area contributed by atoms with Crippen LogP contribution in [0.4, 0.5) is 0 Å². The van der Waals surface area contributed by atoms with Gasteiger partial charge in [0.15, 0.2) is 0 Å². The zero-order valence-corrected chi connectivity index (χ0v) is 12.9. The first-order valence-electron chi connectivity index (χ1n) is 7.67. The van der Waals surface area contributed by atoms with Crippen molar-refractivity contribution in [3.63, 3.8) is 0 Å². The number of nitrogens with zero attached hydrogens (tertiary/aromatic N) is 5. The third-order valence-corrected chi connectivity index (χ3v) is 4.17. The Labute approximate surface area is 126 Å². The summed E-state index contributed by atoms with van der Waals surface area (Å²) in [6.07, 6.45) is 1.65. The first-order valence-corrected chi connectivity index (χ1v) is 7.67. The number of hydrogen-bond donors (Lipinski definition) is 0. The Kier molecular flexibility index (Phi) is 4.31. The summed E-state index contributed by atoms with van der Waals surface area (Å²) in [6.45, 7) is 10.8. The minimum atomic E-state index is 0.866. The molecule has 2 aromatic rings. The molecule has 0 saturated carbocycles. The van der Waals surface area contributed by atoms with Crippen LogP contribution in [0.3, 0.4) is 0 Å². The van der Waals surface area contributed by atoms with Crippen LogP contribution in [0.2, 0.25) is 0 Å². The Morgan fingerprint density at radius 1 is 1.00 bits per heavy atom. The van der Waals surface area contributed by atoms with E-state index in [2.05, 4.69) is 58.0 Å². The Balaban J connectivity index is 1.70. The lowest BCUT2D eigenvalue weighted by molar-refractivity contribution is 0.129. The van der Waals surface area contributed by atoms with E-state index in [4.69, 9.17) is 0 Å². The number of aromatic nitrogens is 3. The highest BCUT2D eigenvalue weighted by Gasteiger charge is 2.18. The zero-order valence-electron chi connectivity index (χ0n) is 12.9. The minimum absolute atomic E-state index is 0.866. The maximum absolute atomic E-state index is 4.44. The van der Waals surface area contributed by atoms with Gasteiger partial charge in [-0.3, -0.25) is 4.90 Å². The molecule has 0 bridgehead atoms. The first kappa shape index (κ1) is 14.2. The fraction of sp³-hybridized carbons (Fsp3) is 0.500. The van der Waals surface area contributed by atoms with Crippen molar-refractivity contribution >= 4 is 0 Å². The summed E-state index contributed by atoms with van der Waals surface area (Å²) >= 11 is 0. The summed E-state index contributed by atoms with van der Waals surface area (Å²) in [5, 5.41) is 4.38. The predicted octanol–water partition coefficient (Wildman–Crippen LogP) is 1.71. The zero-order chi connectivity index (χ0) is 14.7. The molecule has 2 heterocycles. The van der Waals surface area contributed by atoms with E-state index in [1.54, 1.807) is 6.33 Å². The fourth-order valence-corrected chi connectivity index (χ4v) is 2.74. The average molecular weight is 285 g/mol. The molecule has 0 amide bonds. The molecule has 1 aliphatic rings. The van der Waals surface area contributed by atoms with E-state index < -0.39 is 0 Å². The van der Waals surface area contributed by atoms with Crippen LogP contribution in [0.25, 0.3) is 5.69 Å². The Morgan fingerprint density at radius 3 is 2.33 bits per heavy atom. The summed E-state index contributed by atoms with van der Waals surface area (Å²) in [5.74, 6) is 1.02. The Bertz CT molecular complexity index is 567. The Hall–Kier alpha value is -1.72. The van der Waals surface area contributed by atoms with Crippen LogP contribution in [0.1, 0.15) is 18.3 Å². The number of aryl methyl sites for hydroxylation is 1. The molecule has 21 heavy (non-hydrogen) atoms. The van der Waals surface area contributed by atoms with E-state index in [0.29, 0.717) is 0 Å². The van der Waals surface area contributed by atoms with E-state index in [1.165, 1.54) is 5.56 Å². The van der Waals surface area contributed by atoms with E-state index in [-0.39, 0.29) is 0 Å². The Morgan fingerprint density at radius 2 is 1.67 bits per heavy atom. The van der Waals surface area contributed by atoms with Crippen molar-refractivity contribution in [1.29, 1.82) is 0 Å². The first-order chi connectivity index (χ1) is 10.3. The standard InChI is InChI=1S/C16H23N5/c1-3-19-8-10-20(11-9-19)12-16-17-13-18-21(16)15-6-4-14(2)5-7-15/h4-7,13H,3,8-12H2,1-2H3. The second-order valence-electron chi connectivity index (χ2n) is 5.63. The molecule has 1 saturated heterocycles. The molecule has 1 aromatic heterocycles. The lowest BCUT2D eigenvalue weighted by Gasteiger charge is -2.33. The van der Waals surface area contributed by atoms with Gasteiger partial charge in [-0.2, -0.15) is 5.10 Å². The summed E-state index contributed by atoms with van der Waals surface area (Å²) < 4.78 is 1.95. The van der Waals surface area contributed by atoms with Crippen LogP contribution in [-0.2, 0) is 6.54 Å². The van der Waals surface area contributed by atoms with Crippen molar-refractivity contribution < 1.29 is 0 Å². The summed E-state index contributed by atoms with van der Waals surface area (Å²) in [6, 6.07) is 8.42. The van der Waals surface area contributed by atoms with Gasteiger partial charge in [0.05, 0.1) is 12.2 Å². The topological polar surface area (TPSA) is 37.2 Å². The second kappa shape index (κ2) is 6.37. The lowest BCUT2D eigenvalue weighted by Crippen LogP contribution is -2.45. The van der Waals surface area contributed by atoms with Crippen LogP contribution in [0.15, 0.2) is 30.6 Å². The van der Waals surface area contributed by atoms with Gasteiger partial charge in [0, 0.05) is 26.2 Å². The second-order valence-corrected chi connectivity index (χ2v) is 5.63. The van der Waals surface area contributed by atoms with E-state index in [0.717, 1.165) is 50.8 Å². The van der Waals surface area contributed by atoms with E-state index >= 15 is 0 Å². The highest BCUT2D eigenvalue weighted by molar-refractivity contribution is 5.33. The van der Waals surface area contributed by atoms with Crippen molar-refractivity contribution in [3.05, 3.63) is 42.0 Å². The van der Waals surface area contributed by atoms with Gasteiger partial charge in [0.1, 0.15) is 12.2 Å². The molecule has 1 aliphatic heterocycles. The number of piperazine rings is 1. The van der Waals surface area contributed by atoms with Crippen LogP contribution >= 0.6 is 0 Å². The predicted molar refractivity (Wildman–Crippen MR) is 83.5 cm³/mol. The van der Waals surface area contributed by atoms with Gasteiger partial charge >= 0.3 is 0 Å². The van der Waals surface area contributed by atoms with Crippen LogP contribution in [-0.4, -0.2) is 57.3 Å². The van der Waals surface area contributed by atoms with Gasteiger partial charge in [-0.05, 0) is 25.6 Å². The molecule has 0 unspecified atom stereocenters. The highest BCUT2D eigenvalue weighted by atomic mass is 15.4. The van der Waals surface area contributed by atoms with E-state index in [1.807, 2.05) is 4.68 Å². The van der Waals surface area contributed by atoms with Crippen molar-refractivity contribution in [2.24, 2.45) is 0 Å². The highest BCUT2D eigenvalue weighted by Crippen LogP contribution is 2.12. The minimum Gasteiger partial charge on any atom is -0.301 e. The molecule has 0 aliphatic carbocycles. The molecule has 0 N–H and O–H groups in total. The molecule has 3 rings (SSSR count). The number of benzene rings is 1. The monoisotopic (exact) mass is 285 g/mol. The van der Waals surface area contributed by atoms with Gasteiger partial charge in [-0.15, -0.1) is 0 Å². The maximum Gasteiger partial charge on any atom is 0.146 e. The van der Waals surface area contributed by atoms with Crippen molar-refractivity contribution in [2.75, 3.05) is 32.7 Å². The third kappa shape index (κ3) is 3.31. The summed E-state index contributed by atoms with van der Waals surface area (Å²) in [5.41, 5.74) is 2.34. The number of hydrogen-bond acceptors (Lipinski definition) is 4. The smallest absolute Gasteiger partial charge is 0.146 e. The third-order valence-electron chi connectivity index (χ3n) is 4.17. The van der Waals surface area contributed by atoms with Crippen LogP contribution < -0.4 is 0 Å². The van der Waals surface area contributed by atoms with Gasteiger partial charge < -0.3 is 4.90 Å². The van der Waals surface area contributed by atoms with E-state index in [9.17, 15) is 0 Å². The van der Waals surface area contributed by atoms with Crippen molar-refractivity contribution in [3.8, 4) is 5.69 Å². The molecular formula is C16H23N5. The quantitative estimate of drug-likeness (QED) is 0.857. The van der Waals surface area contributed by atoms with Crippen molar-refractivity contribution in [1.82, 2.24) is 24.6 Å². The molecular weight excluding hydrogens is 262 g/mol. The molecule has 5 heteroatoms. The van der Waals surface area contributed by atoms with Crippen LogP contribution in [0.5, 0.6) is 0 Å². The van der Waals surface area contributed by atoms with Gasteiger partial charge in [0.25, 0.3) is 0 Å². The largest absolute Gasteiger partial charge is 0.301 e. The van der Waals surface area contributed by atoms with Crippen LogP contribution in [0, 0.1) is 6.92 Å². The molecule has 1 aromatic carbocycles. The molecule has 0 radical (unpaired) electrons. The molecule has 5 nitrogen and oxygen atoms in total. The molecule has 0 spiro atoms. The number of likely N-dealkylation sites (N-methyl/N-ethyl adjacent to an activating group) is 1. The SMILES string of the molecule is CCN1CCN(Cc2ncnn2-c2ccc(C)cc2)CC1. The molecule has 0 atom stereocenters. The maximum atomic E-state index is 4.44. The lowest BCUT2D eigenvalue weighted by atomic mass is 10.2.